The van der Waals surface area contributed by atoms with Crippen molar-refractivity contribution in [2.75, 3.05) is 5.32 Å². The predicted molar refractivity (Wildman–Crippen MR) is 81.6 cm³/mol. The van der Waals surface area contributed by atoms with E-state index in [2.05, 4.69) is 10.6 Å². The lowest BCUT2D eigenvalue weighted by Gasteiger charge is -2.24. The minimum Gasteiger partial charge on any atom is -0.480 e. The molecule has 0 aliphatic heterocycles. The number of hydrogen-bond donors (Lipinski definition) is 3. The molecular formula is C16H20N2O4. The van der Waals surface area contributed by atoms with Crippen LogP contribution in [0.3, 0.4) is 0 Å². The third kappa shape index (κ3) is 3.63. The quantitative estimate of drug-likeness (QED) is 0.749. The van der Waals surface area contributed by atoms with Crippen LogP contribution in [0, 0.1) is 5.92 Å². The summed E-state index contributed by atoms with van der Waals surface area (Å²) in [5, 5.41) is 14.5. The highest BCUT2D eigenvalue weighted by Crippen LogP contribution is 2.30. The Bertz CT molecular complexity index is 610. The number of carboxylic acid groups (broad SMARTS) is 1. The largest absolute Gasteiger partial charge is 0.480 e. The molecule has 0 saturated heterocycles. The zero-order valence-electron chi connectivity index (χ0n) is 12.7. The fourth-order valence-electron chi connectivity index (χ4n) is 1.94. The summed E-state index contributed by atoms with van der Waals surface area (Å²) in [5.41, 5.74) is -0.461. The SMILES string of the molecule is CCC(C)(NC(=O)c1cccc(NC(=O)C2CC2)c1)C(=O)O. The van der Waals surface area contributed by atoms with Gasteiger partial charge in [0.1, 0.15) is 5.54 Å². The lowest BCUT2D eigenvalue weighted by Crippen LogP contribution is -2.51. The monoisotopic (exact) mass is 304 g/mol. The lowest BCUT2D eigenvalue weighted by atomic mass is 9.98. The summed E-state index contributed by atoms with van der Waals surface area (Å²) in [6.07, 6.45) is 2.07. The third-order valence-corrected chi connectivity index (χ3v) is 3.91. The molecule has 2 amide bonds. The summed E-state index contributed by atoms with van der Waals surface area (Å²) in [7, 11) is 0. The zero-order chi connectivity index (χ0) is 16.3. The molecule has 0 bridgehead atoms. The van der Waals surface area contributed by atoms with Crippen molar-refractivity contribution in [3.8, 4) is 0 Å². The van der Waals surface area contributed by atoms with Gasteiger partial charge in [-0.05, 0) is 44.4 Å². The number of rotatable bonds is 6. The first kappa shape index (κ1) is 16.0. The van der Waals surface area contributed by atoms with E-state index in [9.17, 15) is 19.5 Å². The van der Waals surface area contributed by atoms with Gasteiger partial charge in [-0.2, -0.15) is 0 Å². The molecule has 6 heteroatoms. The zero-order valence-corrected chi connectivity index (χ0v) is 12.7. The summed E-state index contributed by atoms with van der Waals surface area (Å²) in [6.45, 7) is 3.16. The molecule has 0 spiro atoms. The number of carboxylic acids is 1. The van der Waals surface area contributed by atoms with Gasteiger partial charge >= 0.3 is 5.97 Å². The van der Waals surface area contributed by atoms with Gasteiger partial charge < -0.3 is 15.7 Å². The van der Waals surface area contributed by atoms with E-state index in [0.29, 0.717) is 11.3 Å². The standard InChI is InChI=1S/C16H20N2O4/c1-3-16(2,15(21)22)18-14(20)11-5-4-6-12(9-11)17-13(19)10-7-8-10/h4-6,9-10H,3,7-8H2,1-2H3,(H,17,19)(H,18,20)(H,21,22). The molecule has 3 N–H and O–H groups in total. The molecule has 1 fully saturated rings. The van der Waals surface area contributed by atoms with E-state index in [1.54, 1.807) is 31.2 Å². The number of hydrogen-bond acceptors (Lipinski definition) is 3. The maximum atomic E-state index is 12.2. The fourth-order valence-corrected chi connectivity index (χ4v) is 1.94. The molecule has 1 saturated carbocycles. The van der Waals surface area contributed by atoms with Gasteiger partial charge in [0.25, 0.3) is 5.91 Å². The summed E-state index contributed by atoms with van der Waals surface area (Å²) in [6, 6.07) is 6.49. The molecule has 1 unspecified atom stereocenters. The minimum atomic E-state index is -1.32. The molecule has 1 atom stereocenters. The molecule has 1 aliphatic rings. The summed E-state index contributed by atoms with van der Waals surface area (Å²) < 4.78 is 0. The van der Waals surface area contributed by atoms with Gasteiger partial charge in [-0.1, -0.05) is 13.0 Å². The average molecular weight is 304 g/mol. The van der Waals surface area contributed by atoms with Crippen molar-refractivity contribution in [3.63, 3.8) is 0 Å². The van der Waals surface area contributed by atoms with Gasteiger partial charge in [-0.3, -0.25) is 9.59 Å². The van der Waals surface area contributed by atoms with Crippen LogP contribution < -0.4 is 10.6 Å². The van der Waals surface area contributed by atoms with Crippen molar-refractivity contribution >= 4 is 23.5 Å². The van der Waals surface area contributed by atoms with Crippen molar-refractivity contribution in [1.82, 2.24) is 5.32 Å². The van der Waals surface area contributed by atoms with E-state index in [1.165, 1.54) is 6.92 Å². The van der Waals surface area contributed by atoms with Crippen LogP contribution in [0.5, 0.6) is 0 Å². The molecule has 1 aromatic carbocycles. The van der Waals surface area contributed by atoms with Crippen molar-refractivity contribution in [1.29, 1.82) is 0 Å². The smallest absolute Gasteiger partial charge is 0.329 e. The van der Waals surface area contributed by atoms with Gasteiger partial charge in [0.05, 0.1) is 0 Å². The van der Waals surface area contributed by atoms with Gasteiger partial charge in [-0.15, -0.1) is 0 Å². The van der Waals surface area contributed by atoms with E-state index >= 15 is 0 Å². The Kier molecular flexibility index (Phi) is 4.49. The lowest BCUT2D eigenvalue weighted by molar-refractivity contribution is -0.143. The fraction of sp³-hybridized carbons (Fsp3) is 0.438. The Morgan fingerprint density at radius 2 is 2.00 bits per heavy atom. The topological polar surface area (TPSA) is 95.5 Å². The Morgan fingerprint density at radius 3 is 2.55 bits per heavy atom. The molecule has 0 radical (unpaired) electrons. The van der Waals surface area contributed by atoms with Gasteiger partial charge in [0, 0.05) is 17.2 Å². The number of carbonyl (C=O) groups excluding carboxylic acids is 2. The maximum absolute atomic E-state index is 12.2. The van der Waals surface area contributed by atoms with E-state index < -0.39 is 17.4 Å². The molecule has 1 aliphatic carbocycles. The number of anilines is 1. The van der Waals surface area contributed by atoms with E-state index in [0.717, 1.165) is 12.8 Å². The number of aliphatic carboxylic acids is 1. The highest BCUT2D eigenvalue weighted by molar-refractivity contribution is 6.00. The first-order valence-electron chi connectivity index (χ1n) is 7.32. The Labute approximate surface area is 128 Å². The second-order valence-corrected chi connectivity index (χ2v) is 5.79. The Hall–Kier alpha value is -2.37. The van der Waals surface area contributed by atoms with Crippen molar-refractivity contribution in [2.45, 2.75) is 38.6 Å². The van der Waals surface area contributed by atoms with Crippen molar-refractivity contribution in [3.05, 3.63) is 29.8 Å². The van der Waals surface area contributed by atoms with Crippen LogP contribution in [0.15, 0.2) is 24.3 Å². The minimum absolute atomic E-state index is 0.0403. The molecule has 22 heavy (non-hydrogen) atoms. The van der Waals surface area contributed by atoms with Crippen molar-refractivity contribution in [2.24, 2.45) is 5.92 Å². The second kappa shape index (κ2) is 6.17. The van der Waals surface area contributed by atoms with E-state index in [4.69, 9.17) is 0 Å². The van der Waals surface area contributed by atoms with Gasteiger partial charge in [-0.25, -0.2) is 4.79 Å². The molecule has 118 valence electrons. The number of benzene rings is 1. The van der Waals surface area contributed by atoms with Crippen LogP contribution in [0.2, 0.25) is 0 Å². The summed E-state index contributed by atoms with van der Waals surface area (Å²) in [5.74, 6) is -1.52. The first-order chi connectivity index (χ1) is 10.4. The third-order valence-electron chi connectivity index (χ3n) is 3.91. The highest BCUT2D eigenvalue weighted by Gasteiger charge is 2.33. The van der Waals surface area contributed by atoms with Crippen LogP contribution in [0.4, 0.5) is 5.69 Å². The van der Waals surface area contributed by atoms with Crippen LogP contribution in [0.25, 0.3) is 0 Å². The van der Waals surface area contributed by atoms with Crippen LogP contribution in [-0.4, -0.2) is 28.4 Å². The Balaban J connectivity index is 2.09. The van der Waals surface area contributed by atoms with Crippen LogP contribution >= 0.6 is 0 Å². The summed E-state index contributed by atoms with van der Waals surface area (Å²) in [4.78, 5) is 35.2. The average Bonchev–Trinajstić information content (AvgIpc) is 3.31. The Morgan fingerprint density at radius 1 is 1.32 bits per heavy atom. The van der Waals surface area contributed by atoms with E-state index in [1.807, 2.05) is 0 Å². The van der Waals surface area contributed by atoms with Crippen molar-refractivity contribution < 1.29 is 19.5 Å². The molecule has 0 aromatic heterocycles. The normalized spacial score (nSPS) is 16.5. The highest BCUT2D eigenvalue weighted by atomic mass is 16.4. The summed E-state index contributed by atoms with van der Waals surface area (Å²) >= 11 is 0. The van der Waals surface area contributed by atoms with Crippen LogP contribution in [-0.2, 0) is 9.59 Å². The van der Waals surface area contributed by atoms with Gasteiger partial charge in [0.15, 0.2) is 0 Å². The predicted octanol–water partition coefficient (Wildman–Crippen LogP) is 2.02. The number of amides is 2. The number of carbonyl (C=O) groups is 3. The number of nitrogens with one attached hydrogen (secondary N) is 2. The molecule has 2 rings (SSSR count). The van der Waals surface area contributed by atoms with Crippen LogP contribution in [0.1, 0.15) is 43.5 Å². The molecule has 0 heterocycles. The second-order valence-electron chi connectivity index (χ2n) is 5.79. The van der Waals surface area contributed by atoms with Gasteiger partial charge in [0.2, 0.25) is 5.91 Å². The van der Waals surface area contributed by atoms with E-state index in [-0.39, 0.29) is 18.2 Å². The molecular weight excluding hydrogens is 284 g/mol. The molecule has 6 nitrogen and oxygen atoms in total. The molecule has 1 aromatic rings. The maximum Gasteiger partial charge on any atom is 0.329 e. The first-order valence-corrected chi connectivity index (χ1v) is 7.32.